The predicted molar refractivity (Wildman–Crippen MR) is 75.3 cm³/mol. The fraction of sp³-hybridized carbons (Fsp3) is 0.600. The molecule has 0 saturated heterocycles. The van der Waals surface area contributed by atoms with Crippen LogP contribution in [0.5, 0.6) is 0 Å². The van der Waals surface area contributed by atoms with Gasteiger partial charge in [-0.1, -0.05) is 40.5 Å². The van der Waals surface area contributed by atoms with Crippen LogP contribution in [0.3, 0.4) is 0 Å². The normalized spacial score (nSPS) is 24.1. The SMILES string of the molecule is CNCC1(c2ccccc2Br)CC2(CCC2)C1. The number of hydrogen-bond acceptors (Lipinski definition) is 1. The van der Waals surface area contributed by atoms with Crippen LogP contribution in [0.1, 0.15) is 37.7 Å². The molecule has 1 aromatic carbocycles. The summed E-state index contributed by atoms with van der Waals surface area (Å²) in [6.07, 6.45) is 7.13. The highest BCUT2D eigenvalue weighted by Gasteiger charge is 2.57. The summed E-state index contributed by atoms with van der Waals surface area (Å²) in [5.74, 6) is 0. The Kier molecular flexibility index (Phi) is 2.83. The summed E-state index contributed by atoms with van der Waals surface area (Å²) < 4.78 is 1.28. The second-order valence-corrected chi connectivity index (χ2v) is 6.85. The molecule has 2 saturated carbocycles. The van der Waals surface area contributed by atoms with Gasteiger partial charge in [0.25, 0.3) is 0 Å². The third kappa shape index (κ3) is 1.77. The maximum absolute atomic E-state index is 3.73. The number of nitrogens with one attached hydrogen (secondary N) is 1. The van der Waals surface area contributed by atoms with E-state index in [1.807, 2.05) is 0 Å². The van der Waals surface area contributed by atoms with Gasteiger partial charge in [0.2, 0.25) is 0 Å². The highest BCUT2D eigenvalue weighted by atomic mass is 79.9. The Morgan fingerprint density at radius 2 is 1.94 bits per heavy atom. The summed E-state index contributed by atoms with van der Waals surface area (Å²) in [6, 6.07) is 8.76. The molecule has 0 unspecified atom stereocenters. The molecular weight excluding hydrogens is 274 g/mol. The zero-order valence-corrected chi connectivity index (χ0v) is 12.0. The first-order chi connectivity index (χ1) is 8.20. The van der Waals surface area contributed by atoms with Crippen LogP contribution in [0.4, 0.5) is 0 Å². The summed E-state index contributed by atoms with van der Waals surface area (Å²) in [5, 5.41) is 3.40. The fourth-order valence-corrected chi connectivity index (χ4v) is 4.76. The Morgan fingerprint density at radius 1 is 1.24 bits per heavy atom. The number of halogens is 1. The lowest BCUT2D eigenvalue weighted by Crippen LogP contribution is -2.57. The molecule has 0 amide bonds. The molecule has 1 aromatic rings. The van der Waals surface area contributed by atoms with Crippen molar-refractivity contribution in [2.45, 2.75) is 37.5 Å². The molecule has 17 heavy (non-hydrogen) atoms. The molecule has 0 atom stereocenters. The highest BCUT2D eigenvalue weighted by Crippen LogP contribution is 2.65. The van der Waals surface area contributed by atoms with Crippen molar-refractivity contribution in [1.29, 1.82) is 0 Å². The van der Waals surface area contributed by atoms with Gasteiger partial charge in [-0.05, 0) is 49.8 Å². The number of rotatable bonds is 3. The predicted octanol–water partition coefficient (Wildman–Crippen LogP) is 3.87. The molecule has 2 heteroatoms. The topological polar surface area (TPSA) is 12.0 Å². The van der Waals surface area contributed by atoms with Gasteiger partial charge in [-0.25, -0.2) is 0 Å². The highest BCUT2D eigenvalue weighted by molar-refractivity contribution is 9.10. The van der Waals surface area contributed by atoms with Crippen molar-refractivity contribution in [2.75, 3.05) is 13.6 Å². The average molecular weight is 294 g/mol. The molecule has 0 bridgehead atoms. The first-order valence-electron chi connectivity index (χ1n) is 6.59. The molecular formula is C15H20BrN. The number of likely N-dealkylation sites (N-methyl/N-ethyl adjacent to an activating group) is 1. The van der Waals surface area contributed by atoms with Crippen LogP contribution < -0.4 is 5.32 Å². The Morgan fingerprint density at radius 3 is 2.47 bits per heavy atom. The Balaban J connectivity index is 1.89. The molecule has 1 N–H and O–H groups in total. The van der Waals surface area contributed by atoms with Crippen LogP contribution in [-0.2, 0) is 5.41 Å². The lowest BCUT2D eigenvalue weighted by Gasteiger charge is -2.62. The minimum absolute atomic E-state index is 0.384. The van der Waals surface area contributed by atoms with E-state index in [2.05, 4.69) is 52.6 Å². The zero-order chi connectivity index (χ0) is 11.9. The first-order valence-corrected chi connectivity index (χ1v) is 7.39. The van der Waals surface area contributed by atoms with Crippen molar-refractivity contribution < 1.29 is 0 Å². The molecule has 0 heterocycles. The van der Waals surface area contributed by atoms with E-state index in [0.29, 0.717) is 10.8 Å². The quantitative estimate of drug-likeness (QED) is 0.892. The minimum Gasteiger partial charge on any atom is -0.319 e. The van der Waals surface area contributed by atoms with Crippen LogP contribution >= 0.6 is 15.9 Å². The van der Waals surface area contributed by atoms with Crippen molar-refractivity contribution in [2.24, 2.45) is 5.41 Å². The van der Waals surface area contributed by atoms with Gasteiger partial charge in [0.05, 0.1) is 0 Å². The molecule has 2 aliphatic rings. The third-order valence-corrected chi connectivity index (χ3v) is 5.49. The van der Waals surface area contributed by atoms with E-state index < -0.39 is 0 Å². The standard InChI is InChI=1S/C15H20BrN/c1-17-11-15(9-14(10-15)7-4-8-14)12-5-2-3-6-13(12)16/h2-3,5-6,17H,4,7-11H2,1H3. The lowest BCUT2D eigenvalue weighted by molar-refractivity contribution is -0.0478. The van der Waals surface area contributed by atoms with Gasteiger partial charge in [-0.2, -0.15) is 0 Å². The van der Waals surface area contributed by atoms with E-state index in [1.165, 1.54) is 42.1 Å². The molecule has 0 radical (unpaired) electrons. The van der Waals surface area contributed by atoms with Crippen LogP contribution in [0.15, 0.2) is 28.7 Å². The maximum atomic E-state index is 3.73. The smallest absolute Gasteiger partial charge is 0.0213 e. The van der Waals surface area contributed by atoms with Gasteiger partial charge < -0.3 is 5.32 Å². The van der Waals surface area contributed by atoms with Crippen molar-refractivity contribution >= 4 is 15.9 Å². The van der Waals surface area contributed by atoms with Gasteiger partial charge >= 0.3 is 0 Å². The van der Waals surface area contributed by atoms with Gasteiger partial charge in [-0.3, -0.25) is 0 Å². The molecule has 2 fully saturated rings. The summed E-state index contributed by atoms with van der Waals surface area (Å²) in [6.45, 7) is 1.11. The van der Waals surface area contributed by atoms with Crippen molar-refractivity contribution in [3.63, 3.8) is 0 Å². The van der Waals surface area contributed by atoms with Crippen LogP contribution in [0.25, 0.3) is 0 Å². The second-order valence-electron chi connectivity index (χ2n) is 6.00. The molecule has 3 rings (SSSR count). The van der Waals surface area contributed by atoms with E-state index in [9.17, 15) is 0 Å². The van der Waals surface area contributed by atoms with Crippen molar-refractivity contribution in [3.05, 3.63) is 34.3 Å². The van der Waals surface area contributed by atoms with Gasteiger partial charge in [0.15, 0.2) is 0 Å². The molecule has 0 aliphatic heterocycles. The van der Waals surface area contributed by atoms with Crippen LogP contribution in [0, 0.1) is 5.41 Å². The fourth-order valence-electron chi connectivity index (χ4n) is 4.05. The Bertz CT molecular complexity index is 415. The number of benzene rings is 1. The molecule has 1 spiro atoms. The van der Waals surface area contributed by atoms with E-state index >= 15 is 0 Å². The summed E-state index contributed by atoms with van der Waals surface area (Å²) in [5.41, 5.74) is 2.60. The Hall–Kier alpha value is -0.340. The van der Waals surface area contributed by atoms with E-state index in [-0.39, 0.29) is 0 Å². The van der Waals surface area contributed by atoms with E-state index in [1.54, 1.807) is 0 Å². The monoisotopic (exact) mass is 293 g/mol. The van der Waals surface area contributed by atoms with Crippen LogP contribution in [0.2, 0.25) is 0 Å². The average Bonchev–Trinajstić information content (AvgIpc) is 2.21. The van der Waals surface area contributed by atoms with Crippen molar-refractivity contribution in [3.8, 4) is 0 Å². The molecule has 1 nitrogen and oxygen atoms in total. The summed E-state index contributed by atoms with van der Waals surface area (Å²) >= 11 is 3.73. The summed E-state index contributed by atoms with van der Waals surface area (Å²) in [4.78, 5) is 0. The first kappa shape index (κ1) is 11.7. The second kappa shape index (κ2) is 4.10. The van der Waals surface area contributed by atoms with Gasteiger partial charge in [-0.15, -0.1) is 0 Å². The summed E-state index contributed by atoms with van der Waals surface area (Å²) in [7, 11) is 2.07. The Labute approximate surface area is 112 Å². The lowest BCUT2D eigenvalue weighted by atomic mass is 9.44. The van der Waals surface area contributed by atoms with Crippen LogP contribution in [-0.4, -0.2) is 13.6 Å². The molecule has 2 aliphatic carbocycles. The molecule has 92 valence electrons. The minimum atomic E-state index is 0.384. The number of hydrogen-bond donors (Lipinski definition) is 1. The van der Waals surface area contributed by atoms with E-state index in [0.717, 1.165) is 6.54 Å². The zero-order valence-electron chi connectivity index (χ0n) is 10.4. The molecule has 0 aromatic heterocycles. The third-order valence-electron chi connectivity index (χ3n) is 4.80. The maximum Gasteiger partial charge on any atom is 0.0213 e. The van der Waals surface area contributed by atoms with E-state index in [4.69, 9.17) is 0 Å². The van der Waals surface area contributed by atoms with Gasteiger partial charge in [0, 0.05) is 16.4 Å². The largest absolute Gasteiger partial charge is 0.319 e. The van der Waals surface area contributed by atoms with Gasteiger partial charge in [0.1, 0.15) is 0 Å². The van der Waals surface area contributed by atoms with Crippen molar-refractivity contribution in [1.82, 2.24) is 5.32 Å².